The quantitative estimate of drug-likeness (QED) is 0.509. The van der Waals surface area contributed by atoms with Gasteiger partial charge >= 0.3 is 0 Å². The van der Waals surface area contributed by atoms with Gasteiger partial charge in [-0.2, -0.15) is 8.61 Å². The van der Waals surface area contributed by atoms with E-state index in [1.807, 2.05) is 13.8 Å². The molecule has 2 atom stereocenters. The molecule has 0 radical (unpaired) electrons. The number of sulfonamides is 2. The predicted molar refractivity (Wildman–Crippen MR) is 159 cm³/mol. The number of rotatable bonds is 4. The van der Waals surface area contributed by atoms with Crippen LogP contribution in [0.15, 0.2) is 58.3 Å². The van der Waals surface area contributed by atoms with Gasteiger partial charge in [-0.3, -0.25) is 0 Å². The fourth-order valence-corrected chi connectivity index (χ4v) is 7.95. The molecule has 2 aromatic rings. The third kappa shape index (κ3) is 9.06. The molecule has 0 amide bonds. The van der Waals surface area contributed by atoms with Gasteiger partial charge in [0.05, 0.1) is 61.6 Å². The van der Waals surface area contributed by atoms with Crippen molar-refractivity contribution in [1.82, 2.24) is 8.61 Å². The maximum Gasteiger partial charge on any atom is 0.243 e. The van der Waals surface area contributed by atoms with Gasteiger partial charge in [0.2, 0.25) is 20.0 Å². The summed E-state index contributed by atoms with van der Waals surface area (Å²) in [5.41, 5.74) is 1.97. The molecule has 1 aliphatic heterocycles. The topological polar surface area (TPSA) is 112 Å². The van der Waals surface area contributed by atoms with Crippen LogP contribution in [0.25, 0.3) is 0 Å². The fraction of sp³-hybridized carbons (Fsp3) is 0.600. The molecule has 0 N–H and O–H groups in total. The third-order valence-corrected chi connectivity index (χ3v) is 11.5. The first kappa shape index (κ1) is 33.0. The van der Waals surface area contributed by atoms with Crippen LogP contribution in [-0.2, 0) is 39.0 Å². The molecule has 234 valence electrons. The molecule has 42 heavy (non-hydrogen) atoms. The van der Waals surface area contributed by atoms with E-state index in [0.29, 0.717) is 0 Å². The van der Waals surface area contributed by atoms with Gasteiger partial charge in [-0.1, -0.05) is 48.2 Å². The van der Waals surface area contributed by atoms with E-state index in [1.165, 1.54) is 8.61 Å². The van der Waals surface area contributed by atoms with Gasteiger partial charge in [-0.15, -0.1) is 0 Å². The van der Waals surface area contributed by atoms with E-state index >= 15 is 0 Å². The van der Waals surface area contributed by atoms with E-state index in [-0.39, 0.29) is 87.8 Å². The Labute approximate surface area is 251 Å². The molecule has 2 fully saturated rings. The number of nitrogens with zero attached hydrogens (tertiary/aromatic N) is 2. The Kier molecular flexibility index (Phi) is 12.3. The van der Waals surface area contributed by atoms with Crippen LogP contribution in [-0.4, -0.2) is 103 Å². The van der Waals surface area contributed by atoms with Crippen molar-refractivity contribution in [2.45, 2.75) is 61.5 Å². The Hall–Kier alpha value is -1.90. The first-order chi connectivity index (χ1) is 20.2. The second-order valence-corrected chi connectivity index (χ2v) is 14.6. The summed E-state index contributed by atoms with van der Waals surface area (Å²) in [5.74, 6) is 0. The van der Waals surface area contributed by atoms with Crippen LogP contribution in [0.1, 0.15) is 36.8 Å². The van der Waals surface area contributed by atoms with Crippen LogP contribution >= 0.6 is 0 Å². The van der Waals surface area contributed by atoms with E-state index < -0.39 is 20.0 Å². The standard InChI is InChI=1S/C30H44N2O8S2/c1-25-7-11-27(12-8-25)41(33,34)31-15-19-37-23-24-38-20-16-32(42(35,36)28-13-9-26(2)10-14-28)18-22-40-30-6-4-3-5-29(30)39-21-17-31/h7-14,29-30H,3-6,15-24H2,1-2H3/t29-,30-/m1/s1. The Bertz CT molecular complexity index is 1210. The zero-order valence-corrected chi connectivity index (χ0v) is 26.3. The minimum Gasteiger partial charge on any atom is -0.378 e. The van der Waals surface area contributed by atoms with Crippen LogP contribution in [0, 0.1) is 13.8 Å². The summed E-state index contributed by atoms with van der Waals surface area (Å²) in [6, 6.07) is 13.6. The van der Waals surface area contributed by atoms with Gasteiger partial charge in [0, 0.05) is 26.2 Å². The lowest BCUT2D eigenvalue weighted by atomic mass is 9.94. The molecule has 1 saturated heterocycles. The minimum absolute atomic E-state index is 0.173. The molecule has 4 rings (SSSR count). The van der Waals surface area contributed by atoms with Crippen LogP contribution in [0.2, 0.25) is 0 Å². The molecule has 0 spiro atoms. The van der Waals surface area contributed by atoms with E-state index in [1.54, 1.807) is 48.5 Å². The fourth-order valence-electron chi connectivity index (χ4n) is 5.13. The summed E-state index contributed by atoms with van der Waals surface area (Å²) in [6.07, 6.45) is 3.21. The van der Waals surface area contributed by atoms with Crippen LogP contribution in [0.4, 0.5) is 0 Å². The first-order valence-electron chi connectivity index (χ1n) is 14.7. The highest BCUT2D eigenvalue weighted by molar-refractivity contribution is 7.89. The van der Waals surface area contributed by atoms with Gasteiger partial charge in [-0.05, 0) is 51.0 Å². The number of ether oxygens (including phenoxy) is 4. The summed E-state index contributed by atoms with van der Waals surface area (Å²) in [7, 11) is -7.47. The zero-order chi connectivity index (χ0) is 30.0. The van der Waals surface area contributed by atoms with E-state index in [0.717, 1.165) is 36.8 Å². The Morgan fingerprint density at radius 2 is 0.905 bits per heavy atom. The van der Waals surface area contributed by atoms with Crippen molar-refractivity contribution < 1.29 is 35.8 Å². The summed E-state index contributed by atoms with van der Waals surface area (Å²) in [6.45, 7) is 5.87. The number of benzene rings is 2. The molecule has 2 aliphatic rings. The van der Waals surface area contributed by atoms with E-state index in [2.05, 4.69) is 0 Å². The van der Waals surface area contributed by atoms with Crippen molar-refractivity contribution in [2.24, 2.45) is 0 Å². The van der Waals surface area contributed by atoms with E-state index in [4.69, 9.17) is 18.9 Å². The van der Waals surface area contributed by atoms with Crippen molar-refractivity contribution in [1.29, 1.82) is 0 Å². The number of fused-ring (bicyclic) bond motifs is 1. The highest BCUT2D eigenvalue weighted by atomic mass is 32.2. The predicted octanol–water partition coefficient (Wildman–Crippen LogP) is 3.38. The number of hydrogen-bond donors (Lipinski definition) is 0. The maximum absolute atomic E-state index is 13.4. The van der Waals surface area contributed by atoms with Crippen molar-refractivity contribution in [3.8, 4) is 0 Å². The monoisotopic (exact) mass is 624 g/mol. The number of aryl methyl sites for hydroxylation is 2. The molecule has 1 heterocycles. The lowest BCUT2D eigenvalue weighted by Gasteiger charge is -2.33. The molecule has 0 unspecified atom stereocenters. The zero-order valence-electron chi connectivity index (χ0n) is 24.6. The Balaban J connectivity index is 1.45. The lowest BCUT2D eigenvalue weighted by Crippen LogP contribution is -2.42. The summed E-state index contributed by atoms with van der Waals surface area (Å²) >= 11 is 0. The molecule has 12 heteroatoms. The SMILES string of the molecule is Cc1ccc(S(=O)(=O)N2CCOCCOCCN(S(=O)(=O)c3ccc(C)cc3)CCO[C@@H]3CCCC[C@H]3OCC2)cc1. The molecule has 10 nitrogen and oxygen atoms in total. The lowest BCUT2D eigenvalue weighted by molar-refractivity contribution is -0.0946. The van der Waals surface area contributed by atoms with Crippen molar-refractivity contribution >= 4 is 20.0 Å². The Morgan fingerprint density at radius 1 is 0.548 bits per heavy atom. The van der Waals surface area contributed by atoms with Gasteiger partial charge in [0.1, 0.15) is 0 Å². The second kappa shape index (κ2) is 15.7. The van der Waals surface area contributed by atoms with Gasteiger partial charge in [-0.25, -0.2) is 16.8 Å². The summed E-state index contributed by atoms with van der Waals surface area (Å²) in [5, 5.41) is 0. The van der Waals surface area contributed by atoms with Gasteiger partial charge in [0.25, 0.3) is 0 Å². The highest BCUT2D eigenvalue weighted by Gasteiger charge is 2.30. The van der Waals surface area contributed by atoms with Crippen LogP contribution in [0.3, 0.4) is 0 Å². The van der Waals surface area contributed by atoms with Crippen molar-refractivity contribution in [2.75, 3.05) is 65.8 Å². The molecule has 1 aliphatic carbocycles. The maximum atomic E-state index is 13.4. The second-order valence-electron chi connectivity index (χ2n) is 10.8. The summed E-state index contributed by atoms with van der Waals surface area (Å²) < 4.78 is 80.5. The average molecular weight is 625 g/mol. The molecule has 1 saturated carbocycles. The third-order valence-electron chi connectivity index (χ3n) is 7.65. The highest BCUT2D eigenvalue weighted by Crippen LogP contribution is 2.25. The molecular formula is C30H44N2O8S2. The molecular weight excluding hydrogens is 580 g/mol. The largest absolute Gasteiger partial charge is 0.378 e. The van der Waals surface area contributed by atoms with Crippen LogP contribution < -0.4 is 0 Å². The van der Waals surface area contributed by atoms with Gasteiger partial charge < -0.3 is 18.9 Å². The van der Waals surface area contributed by atoms with Crippen molar-refractivity contribution in [3.63, 3.8) is 0 Å². The van der Waals surface area contributed by atoms with Gasteiger partial charge in [0.15, 0.2) is 0 Å². The normalized spacial score (nSPS) is 23.9. The van der Waals surface area contributed by atoms with Crippen LogP contribution in [0.5, 0.6) is 0 Å². The Morgan fingerprint density at radius 3 is 1.29 bits per heavy atom. The first-order valence-corrected chi connectivity index (χ1v) is 17.6. The van der Waals surface area contributed by atoms with E-state index in [9.17, 15) is 16.8 Å². The smallest absolute Gasteiger partial charge is 0.243 e. The summed E-state index contributed by atoms with van der Waals surface area (Å²) in [4.78, 5) is 0.477. The molecule has 0 bridgehead atoms. The molecule has 2 aromatic carbocycles. The minimum atomic E-state index is -3.73. The molecule has 0 aromatic heterocycles. The van der Waals surface area contributed by atoms with Crippen molar-refractivity contribution in [3.05, 3.63) is 59.7 Å². The average Bonchev–Trinajstić information content (AvgIpc) is 2.97. The number of hydrogen-bond acceptors (Lipinski definition) is 8.